The highest BCUT2D eigenvalue weighted by atomic mass is 16.6. The highest BCUT2D eigenvalue weighted by molar-refractivity contribution is 5.71. The van der Waals surface area contributed by atoms with Crippen LogP contribution >= 0.6 is 0 Å². The Kier molecular flexibility index (Phi) is 64.7. The summed E-state index contributed by atoms with van der Waals surface area (Å²) in [6, 6.07) is 0. The maximum absolute atomic E-state index is 12.9. The van der Waals surface area contributed by atoms with Crippen molar-refractivity contribution in [3.63, 3.8) is 0 Å². The molecule has 0 radical (unpaired) electrons. The second kappa shape index (κ2) is 67.4. The van der Waals surface area contributed by atoms with Gasteiger partial charge in [-0.2, -0.15) is 0 Å². The van der Waals surface area contributed by atoms with Gasteiger partial charge in [0.25, 0.3) is 0 Å². The van der Waals surface area contributed by atoms with Crippen molar-refractivity contribution in [2.75, 3.05) is 13.2 Å². The molecule has 0 N–H and O–H groups in total. The molecule has 0 aromatic carbocycles. The Balaban J connectivity index is 4.11. The van der Waals surface area contributed by atoms with Crippen LogP contribution in [0.5, 0.6) is 0 Å². The molecule has 6 nitrogen and oxygen atoms in total. The van der Waals surface area contributed by atoms with Gasteiger partial charge in [-0.05, 0) is 89.9 Å². The van der Waals surface area contributed by atoms with Gasteiger partial charge in [-0.15, -0.1) is 0 Å². The summed E-state index contributed by atoms with van der Waals surface area (Å²) >= 11 is 0. The van der Waals surface area contributed by atoms with Crippen molar-refractivity contribution in [2.45, 2.75) is 361 Å². The van der Waals surface area contributed by atoms with E-state index >= 15 is 0 Å². The standard InChI is InChI=1S/C73H130O6/c1-4-7-10-13-16-19-22-24-26-28-29-30-31-32-33-34-35-36-37-38-39-40-41-42-43-45-46-48-51-54-57-60-63-66-72(75)78-69-70(68-77-71(74)65-62-59-56-53-50-21-18-15-12-9-6-3)79-73(76)67-64-61-58-55-52-49-47-44-27-25-23-20-17-14-11-8-5-2/h8,11,17,20,22,24-25,27-29,47,49,70H,4-7,9-10,12-16,18-19,21,23,26,30-46,48,50-69H2,1-3H3/b11-8-,20-17-,24-22-,27-25-,29-28-,49-47-. The van der Waals surface area contributed by atoms with Gasteiger partial charge in [0.2, 0.25) is 0 Å². The zero-order chi connectivity index (χ0) is 57.1. The molecule has 458 valence electrons. The van der Waals surface area contributed by atoms with E-state index in [0.717, 1.165) is 103 Å². The number of unbranched alkanes of at least 4 members (excludes halogenated alkanes) is 40. The summed E-state index contributed by atoms with van der Waals surface area (Å²) in [7, 11) is 0. The van der Waals surface area contributed by atoms with Crippen LogP contribution in [0.1, 0.15) is 355 Å². The average Bonchev–Trinajstić information content (AvgIpc) is 3.45. The molecule has 0 aromatic heterocycles. The number of ether oxygens (including phenoxy) is 3. The zero-order valence-corrected chi connectivity index (χ0v) is 52.6. The molecule has 0 aliphatic carbocycles. The minimum absolute atomic E-state index is 0.0810. The van der Waals surface area contributed by atoms with Gasteiger partial charge in [0.15, 0.2) is 6.10 Å². The quantitative estimate of drug-likeness (QED) is 0.0261. The monoisotopic (exact) mass is 1100 g/mol. The third-order valence-corrected chi connectivity index (χ3v) is 15.2. The number of esters is 3. The lowest BCUT2D eigenvalue weighted by molar-refractivity contribution is -0.167. The smallest absolute Gasteiger partial charge is 0.306 e. The molecule has 0 fully saturated rings. The first kappa shape index (κ1) is 75.8. The van der Waals surface area contributed by atoms with Gasteiger partial charge in [-0.1, -0.05) is 318 Å². The molecule has 1 unspecified atom stereocenters. The lowest BCUT2D eigenvalue weighted by Gasteiger charge is -2.18. The first-order valence-electron chi connectivity index (χ1n) is 34.4. The first-order valence-corrected chi connectivity index (χ1v) is 34.4. The number of hydrogen-bond acceptors (Lipinski definition) is 6. The minimum atomic E-state index is -0.786. The van der Waals surface area contributed by atoms with Crippen LogP contribution in [-0.4, -0.2) is 37.2 Å². The van der Waals surface area contributed by atoms with Gasteiger partial charge in [-0.3, -0.25) is 14.4 Å². The lowest BCUT2D eigenvalue weighted by Crippen LogP contribution is -2.30. The molecule has 6 heteroatoms. The fraction of sp³-hybridized carbons (Fsp3) is 0.795. The highest BCUT2D eigenvalue weighted by Gasteiger charge is 2.19. The van der Waals surface area contributed by atoms with Gasteiger partial charge in [0.1, 0.15) is 13.2 Å². The summed E-state index contributed by atoms with van der Waals surface area (Å²) in [5, 5.41) is 0. The predicted octanol–water partition coefficient (Wildman–Crippen LogP) is 23.7. The Hall–Kier alpha value is -3.15. The number of hydrogen-bond donors (Lipinski definition) is 0. The largest absolute Gasteiger partial charge is 0.462 e. The molecule has 0 heterocycles. The van der Waals surface area contributed by atoms with Gasteiger partial charge in [0.05, 0.1) is 0 Å². The van der Waals surface area contributed by atoms with Crippen molar-refractivity contribution in [3.05, 3.63) is 72.9 Å². The topological polar surface area (TPSA) is 78.9 Å². The number of allylic oxidation sites excluding steroid dienone is 12. The minimum Gasteiger partial charge on any atom is -0.462 e. The SMILES string of the molecule is CC/C=C\C/C=C\C/C=C\C/C=C\CCCCCCC(=O)OC(COC(=O)CCCCCCCCCCCCC)COC(=O)CCCCCCCCCCCCCCCCCCCCCCC/C=C\C/C=C\CCCCCCC. The van der Waals surface area contributed by atoms with Crippen LogP contribution in [0.3, 0.4) is 0 Å². The summed E-state index contributed by atoms with van der Waals surface area (Å²) in [6.07, 6.45) is 88.0. The maximum atomic E-state index is 12.9. The van der Waals surface area contributed by atoms with Crippen LogP contribution in [0.15, 0.2) is 72.9 Å². The second-order valence-corrected chi connectivity index (χ2v) is 23.1. The lowest BCUT2D eigenvalue weighted by atomic mass is 10.0. The summed E-state index contributed by atoms with van der Waals surface area (Å²) in [6.45, 7) is 6.53. The van der Waals surface area contributed by atoms with E-state index in [4.69, 9.17) is 14.2 Å². The fourth-order valence-electron chi connectivity index (χ4n) is 10.1. The van der Waals surface area contributed by atoms with Crippen LogP contribution in [0.25, 0.3) is 0 Å². The molecular formula is C73H130O6. The van der Waals surface area contributed by atoms with E-state index < -0.39 is 6.10 Å². The normalized spacial score (nSPS) is 12.5. The van der Waals surface area contributed by atoms with Gasteiger partial charge >= 0.3 is 17.9 Å². The van der Waals surface area contributed by atoms with E-state index in [2.05, 4.69) is 93.7 Å². The molecule has 0 spiro atoms. The first-order chi connectivity index (χ1) is 39.0. The molecule has 79 heavy (non-hydrogen) atoms. The Morgan fingerprint density at radius 2 is 0.494 bits per heavy atom. The van der Waals surface area contributed by atoms with E-state index in [9.17, 15) is 14.4 Å². The van der Waals surface area contributed by atoms with Crippen LogP contribution in [-0.2, 0) is 28.6 Å². The maximum Gasteiger partial charge on any atom is 0.306 e. The van der Waals surface area contributed by atoms with Crippen molar-refractivity contribution in [1.82, 2.24) is 0 Å². The Bertz CT molecular complexity index is 1450. The van der Waals surface area contributed by atoms with Gasteiger partial charge in [0, 0.05) is 19.3 Å². The van der Waals surface area contributed by atoms with Crippen molar-refractivity contribution < 1.29 is 28.6 Å². The third-order valence-electron chi connectivity index (χ3n) is 15.2. The van der Waals surface area contributed by atoms with Gasteiger partial charge in [-0.25, -0.2) is 0 Å². The Morgan fingerprint density at radius 3 is 0.772 bits per heavy atom. The molecule has 0 aliphatic heterocycles. The fourth-order valence-corrected chi connectivity index (χ4v) is 10.1. The van der Waals surface area contributed by atoms with E-state index in [-0.39, 0.29) is 31.1 Å². The number of carbonyl (C=O) groups excluding carboxylic acids is 3. The summed E-state index contributed by atoms with van der Waals surface area (Å²) in [5.41, 5.74) is 0. The molecule has 1 atom stereocenters. The summed E-state index contributed by atoms with van der Waals surface area (Å²) in [5.74, 6) is -0.888. The predicted molar refractivity (Wildman–Crippen MR) is 344 cm³/mol. The Morgan fingerprint density at radius 1 is 0.266 bits per heavy atom. The van der Waals surface area contributed by atoms with Crippen molar-refractivity contribution in [1.29, 1.82) is 0 Å². The van der Waals surface area contributed by atoms with Crippen molar-refractivity contribution in [2.24, 2.45) is 0 Å². The highest BCUT2D eigenvalue weighted by Crippen LogP contribution is 2.18. The van der Waals surface area contributed by atoms with E-state index in [1.807, 2.05) is 0 Å². The number of rotatable bonds is 63. The average molecular weight is 1100 g/mol. The van der Waals surface area contributed by atoms with Crippen molar-refractivity contribution in [3.8, 4) is 0 Å². The summed E-state index contributed by atoms with van der Waals surface area (Å²) < 4.78 is 16.9. The zero-order valence-electron chi connectivity index (χ0n) is 52.6. The van der Waals surface area contributed by atoms with Crippen molar-refractivity contribution >= 4 is 17.9 Å². The molecular weight excluding hydrogens is 973 g/mol. The summed E-state index contributed by atoms with van der Waals surface area (Å²) in [4.78, 5) is 38.3. The second-order valence-electron chi connectivity index (χ2n) is 23.1. The van der Waals surface area contributed by atoms with Crippen LogP contribution in [0.4, 0.5) is 0 Å². The third kappa shape index (κ3) is 65.5. The molecule has 0 saturated heterocycles. The van der Waals surface area contributed by atoms with Crippen LogP contribution < -0.4 is 0 Å². The molecule has 0 rings (SSSR count). The molecule has 0 bridgehead atoms. The molecule has 0 amide bonds. The molecule has 0 aliphatic rings. The van der Waals surface area contributed by atoms with E-state index in [1.165, 1.54) is 212 Å². The van der Waals surface area contributed by atoms with Crippen LogP contribution in [0, 0.1) is 0 Å². The Labute approximate surface area is 491 Å². The van der Waals surface area contributed by atoms with Gasteiger partial charge < -0.3 is 14.2 Å². The molecule has 0 saturated carbocycles. The van der Waals surface area contributed by atoms with E-state index in [0.29, 0.717) is 19.3 Å². The molecule has 0 aromatic rings. The van der Waals surface area contributed by atoms with E-state index in [1.54, 1.807) is 0 Å². The van der Waals surface area contributed by atoms with Crippen LogP contribution in [0.2, 0.25) is 0 Å². The number of carbonyl (C=O) groups is 3.